The van der Waals surface area contributed by atoms with Crippen LogP contribution in [-0.4, -0.2) is 39.5 Å². The summed E-state index contributed by atoms with van der Waals surface area (Å²) >= 11 is 0. The minimum Gasteiger partial charge on any atom is -0.314 e. The average Bonchev–Trinajstić information content (AvgIpc) is 2.92. The highest BCUT2D eigenvalue weighted by molar-refractivity contribution is 5.14. The summed E-state index contributed by atoms with van der Waals surface area (Å²) in [5.74, 6) is 0. The van der Waals surface area contributed by atoms with Crippen LogP contribution in [0.2, 0.25) is 0 Å². The molecule has 0 bridgehead atoms. The van der Waals surface area contributed by atoms with E-state index in [0.29, 0.717) is 6.04 Å². The van der Waals surface area contributed by atoms with Crippen LogP contribution in [-0.2, 0) is 19.6 Å². The van der Waals surface area contributed by atoms with Gasteiger partial charge in [0.25, 0.3) is 0 Å². The Bertz CT molecular complexity index is 520. The zero-order valence-electron chi connectivity index (χ0n) is 13.2. The summed E-state index contributed by atoms with van der Waals surface area (Å²) in [6, 6.07) is 11.1. The van der Waals surface area contributed by atoms with Gasteiger partial charge in [0.1, 0.15) is 0 Å². The van der Waals surface area contributed by atoms with E-state index in [0.717, 1.165) is 31.9 Å². The van der Waals surface area contributed by atoms with Gasteiger partial charge in [0.2, 0.25) is 0 Å². The molecule has 0 saturated heterocycles. The number of nitrogens with one attached hydrogen (secondary N) is 1. The Morgan fingerprint density at radius 3 is 2.67 bits per heavy atom. The molecule has 114 valence electrons. The fourth-order valence-corrected chi connectivity index (χ4v) is 2.28. The van der Waals surface area contributed by atoms with Gasteiger partial charge in [-0.2, -0.15) is 0 Å². The molecule has 5 heteroatoms. The SMILES string of the molecule is CNCc1cn(CCN(Cc2ccccc2)C(C)C)nn1. The molecular formula is C16H25N5. The van der Waals surface area contributed by atoms with E-state index < -0.39 is 0 Å². The number of hydrogen-bond donors (Lipinski definition) is 1. The van der Waals surface area contributed by atoms with Crippen molar-refractivity contribution in [1.82, 2.24) is 25.2 Å². The largest absolute Gasteiger partial charge is 0.314 e. The maximum absolute atomic E-state index is 4.17. The van der Waals surface area contributed by atoms with E-state index in [4.69, 9.17) is 0 Å². The van der Waals surface area contributed by atoms with Crippen molar-refractivity contribution >= 4 is 0 Å². The minimum absolute atomic E-state index is 0.505. The second-order valence-corrected chi connectivity index (χ2v) is 5.55. The normalized spacial score (nSPS) is 11.5. The van der Waals surface area contributed by atoms with Crippen molar-refractivity contribution in [3.8, 4) is 0 Å². The lowest BCUT2D eigenvalue weighted by Gasteiger charge is -2.26. The third-order valence-electron chi connectivity index (χ3n) is 3.52. The fourth-order valence-electron chi connectivity index (χ4n) is 2.28. The van der Waals surface area contributed by atoms with E-state index in [-0.39, 0.29) is 0 Å². The number of hydrogen-bond acceptors (Lipinski definition) is 4. The Hall–Kier alpha value is -1.72. The van der Waals surface area contributed by atoms with Gasteiger partial charge in [0, 0.05) is 31.9 Å². The second kappa shape index (κ2) is 7.90. The van der Waals surface area contributed by atoms with Gasteiger partial charge < -0.3 is 5.32 Å². The van der Waals surface area contributed by atoms with Crippen molar-refractivity contribution in [1.29, 1.82) is 0 Å². The second-order valence-electron chi connectivity index (χ2n) is 5.55. The van der Waals surface area contributed by atoms with Crippen LogP contribution in [0.25, 0.3) is 0 Å². The van der Waals surface area contributed by atoms with Crippen LogP contribution in [0.1, 0.15) is 25.1 Å². The Balaban J connectivity index is 1.90. The molecular weight excluding hydrogens is 262 g/mol. The first kappa shape index (κ1) is 15.7. The van der Waals surface area contributed by atoms with Crippen LogP contribution in [0.3, 0.4) is 0 Å². The predicted octanol–water partition coefficient (Wildman–Crippen LogP) is 1.91. The summed E-state index contributed by atoms with van der Waals surface area (Å²) in [5.41, 5.74) is 2.33. The summed E-state index contributed by atoms with van der Waals surface area (Å²) in [6.07, 6.45) is 2.01. The maximum atomic E-state index is 4.17. The van der Waals surface area contributed by atoms with Gasteiger partial charge in [-0.3, -0.25) is 9.58 Å². The monoisotopic (exact) mass is 287 g/mol. The predicted molar refractivity (Wildman–Crippen MR) is 84.8 cm³/mol. The highest BCUT2D eigenvalue weighted by Crippen LogP contribution is 2.08. The van der Waals surface area contributed by atoms with E-state index in [1.54, 1.807) is 0 Å². The van der Waals surface area contributed by atoms with E-state index in [9.17, 15) is 0 Å². The maximum Gasteiger partial charge on any atom is 0.0964 e. The van der Waals surface area contributed by atoms with Gasteiger partial charge in [-0.05, 0) is 26.5 Å². The molecule has 0 atom stereocenters. The van der Waals surface area contributed by atoms with E-state index >= 15 is 0 Å². The van der Waals surface area contributed by atoms with E-state index in [2.05, 4.69) is 64.7 Å². The summed E-state index contributed by atoms with van der Waals surface area (Å²) < 4.78 is 1.92. The Morgan fingerprint density at radius 2 is 2.00 bits per heavy atom. The molecule has 0 unspecified atom stereocenters. The molecule has 21 heavy (non-hydrogen) atoms. The van der Waals surface area contributed by atoms with Crippen LogP contribution in [0.4, 0.5) is 0 Å². The summed E-state index contributed by atoms with van der Waals surface area (Å²) in [4.78, 5) is 2.45. The summed E-state index contributed by atoms with van der Waals surface area (Å²) in [5, 5.41) is 11.4. The number of rotatable bonds is 8. The lowest BCUT2D eigenvalue weighted by atomic mass is 10.2. The fraction of sp³-hybridized carbons (Fsp3) is 0.500. The molecule has 0 fully saturated rings. The third kappa shape index (κ3) is 4.95. The van der Waals surface area contributed by atoms with Gasteiger partial charge in [-0.25, -0.2) is 0 Å². The first-order valence-corrected chi connectivity index (χ1v) is 7.50. The molecule has 0 saturated carbocycles. The quantitative estimate of drug-likeness (QED) is 0.805. The van der Waals surface area contributed by atoms with Gasteiger partial charge >= 0.3 is 0 Å². The summed E-state index contributed by atoms with van der Waals surface area (Å²) in [6.45, 7) is 8.03. The molecule has 1 aromatic carbocycles. The zero-order valence-corrected chi connectivity index (χ0v) is 13.2. The van der Waals surface area contributed by atoms with E-state index in [1.165, 1.54) is 5.56 Å². The molecule has 0 radical (unpaired) electrons. The van der Waals surface area contributed by atoms with Crippen LogP contribution < -0.4 is 5.32 Å². The van der Waals surface area contributed by atoms with Gasteiger partial charge in [-0.1, -0.05) is 35.5 Å². The van der Waals surface area contributed by atoms with Gasteiger partial charge in [0.05, 0.1) is 12.2 Å². The average molecular weight is 287 g/mol. The van der Waals surface area contributed by atoms with Crippen LogP contribution in [0, 0.1) is 0 Å². The minimum atomic E-state index is 0.505. The lowest BCUT2D eigenvalue weighted by molar-refractivity contribution is 0.201. The molecule has 0 amide bonds. The number of aromatic nitrogens is 3. The molecule has 2 aromatic rings. The van der Waals surface area contributed by atoms with Crippen LogP contribution in [0.5, 0.6) is 0 Å². The van der Waals surface area contributed by atoms with Crippen LogP contribution in [0.15, 0.2) is 36.5 Å². The van der Waals surface area contributed by atoms with Crippen molar-refractivity contribution in [3.63, 3.8) is 0 Å². The Kier molecular flexibility index (Phi) is 5.90. The Morgan fingerprint density at radius 1 is 1.24 bits per heavy atom. The zero-order chi connectivity index (χ0) is 15.1. The molecule has 1 aromatic heterocycles. The van der Waals surface area contributed by atoms with Crippen molar-refractivity contribution in [2.45, 2.75) is 39.5 Å². The smallest absolute Gasteiger partial charge is 0.0964 e. The molecule has 1 N–H and O–H groups in total. The topological polar surface area (TPSA) is 46.0 Å². The standard InChI is InChI=1S/C16H25N5/c1-14(2)20(12-15-7-5-4-6-8-15)9-10-21-13-16(11-17-3)18-19-21/h4-8,13-14,17H,9-12H2,1-3H3. The third-order valence-corrected chi connectivity index (χ3v) is 3.52. The van der Waals surface area contributed by atoms with Crippen molar-refractivity contribution in [2.75, 3.05) is 13.6 Å². The van der Waals surface area contributed by atoms with Gasteiger partial charge in [-0.15, -0.1) is 5.10 Å². The first-order chi connectivity index (χ1) is 10.2. The molecule has 0 aliphatic rings. The number of benzene rings is 1. The molecule has 0 spiro atoms. The van der Waals surface area contributed by atoms with Crippen molar-refractivity contribution in [2.24, 2.45) is 0 Å². The number of nitrogens with zero attached hydrogens (tertiary/aromatic N) is 4. The molecule has 1 heterocycles. The molecule has 0 aliphatic heterocycles. The lowest BCUT2D eigenvalue weighted by Crippen LogP contribution is -2.33. The van der Waals surface area contributed by atoms with Crippen molar-refractivity contribution in [3.05, 3.63) is 47.8 Å². The van der Waals surface area contributed by atoms with Gasteiger partial charge in [0.15, 0.2) is 0 Å². The van der Waals surface area contributed by atoms with Crippen LogP contribution >= 0.6 is 0 Å². The molecule has 2 rings (SSSR count). The van der Waals surface area contributed by atoms with E-state index in [1.807, 2.05) is 17.9 Å². The first-order valence-electron chi connectivity index (χ1n) is 7.50. The Labute approximate surface area is 127 Å². The highest BCUT2D eigenvalue weighted by Gasteiger charge is 2.10. The molecule has 5 nitrogen and oxygen atoms in total. The molecule has 0 aliphatic carbocycles. The highest BCUT2D eigenvalue weighted by atomic mass is 15.4. The summed E-state index contributed by atoms with van der Waals surface area (Å²) in [7, 11) is 1.92. The van der Waals surface area contributed by atoms with Crippen molar-refractivity contribution < 1.29 is 0 Å².